The van der Waals surface area contributed by atoms with E-state index in [0.29, 0.717) is 12.0 Å². The van der Waals surface area contributed by atoms with Gasteiger partial charge in [-0.25, -0.2) is 0 Å². The summed E-state index contributed by atoms with van der Waals surface area (Å²) in [7, 11) is 0. The van der Waals surface area contributed by atoms with E-state index in [4.69, 9.17) is 5.26 Å². The number of hydrogen-bond donors (Lipinski definition) is 1. The molecule has 1 heterocycles. The van der Waals surface area contributed by atoms with Crippen molar-refractivity contribution in [2.75, 3.05) is 13.1 Å². The maximum atomic E-state index is 9.26. The Hall–Kier alpha value is -0.590. The van der Waals surface area contributed by atoms with Crippen molar-refractivity contribution in [3.8, 4) is 6.07 Å². The molecule has 0 radical (unpaired) electrons. The third-order valence-corrected chi connectivity index (χ3v) is 3.32. The minimum Gasteiger partial charge on any atom is -0.392 e. The molecule has 3 nitrogen and oxygen atoms in total. The molecule has 2 bridgehead atoms. The van der Waals surface area contributed by atoms with E-state index in [2.05, 4.69) is 11.0 Å². The lowest BCUT2D eigenvalue weighted by Gasteiger charge is -2.29. The molecule has 0 aromatic heterocycles. The Morgan fingerprint density at radius 2 is 2.38 bits per heavy atom. The number of fused-ring (bicyclic) bond motifs is 2. The fourth-order valence-electron chi connectivity index (χ4n) is 2.77. The van der Waals surface area contributed by atoms with E-state index in [-0.39, 0.29) is 12.0 Å². The second-order valence-corrected chi connectivity index (χ2v) is 4.42. The van der Waals surface area contributed by atoms with Crippen LogP contribution in [0.5, 0.6) is 0 Å². The highest BCUT2D eigenvalue weighted by atomic mass is 16.3. The summed E-state index contributed by atoms with van der Waals surface area (Å²) in [6.07, 6.45) is 1.96. The third-order valence-electron chi connectivity index (χ3n) is 3.32. The van der Waals surface area contributed by atoms with Crippen molar-refractivity contribution in [1.29, 1.82) is 5.26 Å². The maximum absolute atomic E-state index is 9.26. The SMILES string of the molecule is CC(O)CN1CC2CC1CC2C#N. The lowest BCUT2D eigenvalue weighted by atomic mass is 9.96. The summed E-state index contributed by atoms with van der Waals surface area (Å²) in [4.78, 5) is 2.34. The van der Waals surface area contributed by atoms with Crippen molar-refractivity contribution in [2.45, 2.75) is 31.9 Å². The van der Waals surface area contributed by atoms with E-state index in [1.165, 1.54) is 6.42 Å². The normalized spacial score (nSPS) is 40.5. The average Bonchev–Trinajstić information content (AvgIpc) is 2.60. The molecular weight excluding hydrogens is 164 g/mol. The van der Waals surface area contributed by atoms with Crippen LogP contribution in [0.25, 0.3) is 0 Å². The van der Waals surface area contributed by atoms with Crippen LogP contribution >= 0.6 is 0 Å². The molecule has 2 aliphatic rings. The predicted octanol–water partition coefficient (Wildman–Crippen LogP) is 0.601. The van der Waals surface area contributed by atoms with E-state index >= 15 is 0 Å². The second-order valence-electron chi connectivity index (χ2n) is 4.42. The molecule has 2 rings (SSSR count). The Bertz CT molecular complexity index is 234. The van der Waals surface area contributed by atoms with Gasteiger partial charge in [0, 0.05) is 19.1 Å². The van der Waals surface area contributed by atoms with Crippen LogP contribution < -0.4 is 0 Å². The van der Waals surface area contributed by atoms with E-state index in [1.807, 2.05) is 6.92 Å². The van der Waals surface area contributed by atoms with Crippen LogP contribution in [0.2, 0.25) is 0 Å². The Kier molecular flexibility index (Phi) is 2.27. The van der Waals surface area contributed by atoms with Crippen molar-refractivity contribution in [1.82, 2.24) is 4.90 Å². The summed E-state index contributed by atoms with van der Waals surface area (Å²) < 4.78 is 0. The van der Waals surface area contributed by atoms with Gasteiger partial charge in [-0.1, -0.05) is 0 Å². The summed E-state index contributed by atoms with van der Waals surface area (Å²) in [5, 5.41) is 18.1. The van der Waals surface area contributed by atoms with Crippen molar-refractivity contribution < 1.29 is 5.11 Å². The van der Waals surface area contributed by atoms with Crippen LogP contribution in [0.1, 0.15) is 19.8 Å². The minimum absolute atomic E-state index is 0.236. The zero-order valence-electron chi connectivity index (χ0n) is 7.98. The molecular formula is C10H16N2O. The van der Waals surface area contributed by atoms with Gasteiger partial charge in [0.2, 0.25) is 0 Å². The number of nitrogens with zero attached hydrogens (tertiary/aromatic N) is 2. The van der Waals surface area contributed by atoms with Crippen LogP contribution in [-0.4, -0.2) is 35.2 Å². The molecule has 4 atom stereocenters. The van der Waals surface area contributed by atoms with Gasteiger partial charge in [-0.2, -0.15) is 5.26 Å². The Balaban J connectivity index is 1.92. The number of aliphatic hydroxyl groups excluding tert-OH is 1. The molecule has 2 fully saturated rings. The molecule has 1 aliphatic heterocycles. The fraction of sp³-hybridized carbons (Fsp3) is 0.900. The first kappa shape index (κ1) is 8.98. The topological polar surface area (TPSA) is 47.3 Å². The van der Waals surface area contributed by atoms with Gasteiger partial charge >= 0.3 is 0 Å². The molecule has 1 saturated carbocycles. The van der Waals surface area contributed by atoms with Gasteiger partial charge in [-0.15, -0.1) is 0 Å². The van der Waals surface area contributed by atoms with Gasteiger partial charge in [0.25, 0.3) is 0 Å². The molecule has 1 saturated heterocycles. The lowest BCUT2D eigenvalue weighted by molar-refractivity contribution is 0.100. The smallest absolute Gasteiger partial charge is 0.0659 e. The molecule has 3 heteroatoms. The molecule has 0 amide bonds. The molecule has 1 N–H and O–H groups in total. The number of hydrogen-bond acceptors (Lipinski definition) is 3. The average molecular weight is 180 g/mol. The molecule has 0 spiro atoms. The summed E-state index contributed by atoms with van der Waals surface area (Å²) in [6.45, 7) is 3.63. The number of piperidine rings is 1. The first-order valence-corrected chi connectivity index (χ1v) is 5.02. The highest BCUT2D eigenvalue weighted by Gasteiger charge is 2.44. The van der Waals surface area contributed by atoms with E-state index in [0.717, 1.165) is 19.5 Å². The van der Waals surface area contributed by atoms with E-state index in [9.17, 15) is 5.11 Å². The first-order valence-electron chi connectivity index (χ1n) is 5.02. The third kappa shape index (κ3) is 1.56. The van der Waals surface area contributed by atoms with Crippen LogP contribution in [0.3, 0.4) is 0 Å². The number of likely N-dealkylation sites (tertiary alicyclic amines) is 1. The number of aliphatic hydroxyl groups is 1. The Morgan fingerprint density at radius 1 is 1.62 bits per heavy atom. The van der Waals surface area contributed by atoms with Crippen molar-refractivity contribution >= 4 is 0 Å². The fourth-order valence-corrected chi connectivity index (χ4v) is 2.77. The van der Waals surface area contributed by atoms with Gasteiger partial charge in [0.1, 0.15) is 0 Å². The predicted molar refractivity (Wildman–Crippen MR) is 48.9 cm³/mol. The minimum atomic E-state index is -0.236. The lowest BCUT2D eigenvalue weighted by Crippen LogP contribution is -2.39. The van der Waals surface area contributed by atoms with Crippen LogP contribution in [-0.2, 0) is 0 Å². The highest BCUT2D eigenvalue weighted by Crippen LogP contribution is 2.41. The summed E-state index contributed by atoms with van der Waals surface area (Å²) in [6, 6.07) is 2.95. The molecule has 13 heavy (non-hydrogen) atoms. The maximum Gasteiger partial charge on any atom is 0.0659 e. The van der Waals surface area contributed by atoms with Crippen LogP contribution in [0.4, 0.5) is 0 Å². The summed E-state index contributed by atoms with van der Waals surface area (Å²) >= 11 is 0. The van der Waals surface area contributed by atoms with Crippen molar-refractivity contribution in [2.24, 2.45) is 11.8 Å². The van der Waals surface area contributed by atoms with Crippen molar-refractivity contribution in [3.63, 3.8) is 0 Å². The quantitative estimate of drug-likeness (QED) is 0.677. The molecule has 0 aromatic rings. The molecule has 4 unspecified atom stereocenters. The van der Waals surface area contributed by atoms with Gasteiger partial charge in [0.05, 0.1) is 18.1 Å². The molecule has 1 aliphatic carbocycles. The number of nitriles is 1. The summed E-state index contributed by atoms with van der Waals surface area (Å²) in [5.74, 6) is 0.865. The molecule has 0 aromatic carbocycles. The standard InChI is InChI=1S/C10H16N2O/c1-7(13)5-12-6-9-3-10(12)2-8(9)4-11/h7-10,13H,2-3,5-6H2,1H3. The van der Waals surface area contributed by atoms with Crippen LogP contribution in [0.15, 0.2) is 0 Å². The Morgan fingerprint density at radius 3 is 2.85 bits per heavy atom. The second kappa shape index (κ2) is 3.28. The van der Waals surface area contributed by atoms with Crippen molar-refractivity contribution in [3.05, 3.63) is 0 Å². The zero-order chi connectivity index (χ0) is 9.42. The first-order chi connectivity index (χ1) is 6.20. The monoisotopic (exact) mass is 180 g/mol. The van der Waals surface area contributed by atoms with Gasteiger partial charge in [-0.3, -0.25) is 4.90 Å². The van der Waals surface area contributed by atoms with E-state index in [1.54, 1.807) is 0 Å². The largest absolute Gasteiger partial charge is 0.392 e. The summed E-state index contributed by atoms with van der Waals surface area (Å²) in [5.41, 5.74) is 0. The van der Waals surface area contributed by atoms with Gasteiger partial charge < -0.3 is 5.11 Å². The molecule has 72 valence electrons. The number of rotatable bonds is 2. The highest BCUT2D eigenvalue weighted by molar-refractivity contribution is 5.04. The number of β-amino-alcohol motifs (C(OH)–C–C–N with tert-alkyl or cyclic N) is 1. The Labute approximate surface area is 79.0 Å². The van der Waals surface area contributed by atoms with Gasteiger partial charge in [0.15, 0.2) is 0 Å². The van der Waals surface area contributed by atoms with Gasteiger partial charge in [-0.05, 0) is 25.7 Å². The van der Waals surface area contributed by atoms with E-state index < -0.39 is 0 Å². The zero-order valence-corrected chi connectivity index (χ0v) is 7.98. The van der Waals surface area contributed by atoms with Crippen LogP contribution in [0, 0.1) is 23.2 Å².